The van der Waals surface area contributed by atoms with Crippen molar-refractivity contribution in [3.63, 3.8) is 0 Å². The molecule has 1 amide bonds. The summed E-state index contributed by atoms with van der Waals surface area (Å²) in [5, 5.41) is 2.84. The molecule has 1 aliphatic rings. The van der Waals surface area contributed by atoms with Gasteiger partial charge in [-0.1, -0.05) is 13.8 Å². The zero-order valence-electron chi connectivity index (χ0n) is 9.10. The Labute approximate surface area is 79.8 Å². The molecule has 3 nitrogen and oxygen atoms in total. The van der Waals surface area contributed by atoms with Crippen LogP contribution in [-0.4, -0.2) is 17.7 Å². The molecule has 0 radical (unpaired) electrons. The van der Waals surface area contributed by atoms with Gasteiger partial charge in [-0.15, -0.1) is 0 Å². The molecule has 0 aromatic rings. The van der Waals surface area contributed by atoms with Crippen LogP contribution < -0.4 is 5.32 Å². The van der Waals surface area contributed by atoms with Crippen molar-refractivity contribution in [3.8, 4) is 0 Å². The average Bonchev–Trinajstić information content (AvgIpc) is 2.32. The third-order valence-electron chi connectivity index (χ3n) is 2.20. The number of carbonyl (C=O) groups is 1. The number of hydrogen-bond acceptors (Lipinski definition) is 2. The summed E-state index contributed by atoms with van der Waals surface area (Å²) in [6.07, 6.45) is 0.745. The fraction of sp³-hybridized carbons (Fsp3) is 0.900. The number of alkyl carbamates (subject to hydrolysis) is 1. The monoisotopic (exact) mass is 185 g/mol. The van der Waals surface area contributed by atoms with E-state index in [1.165, 1.54) is 0 Å². The van der Waals surface area contributed by atoms with Crippen LogP contribution in [0.5, 0.6) is 0 Å². The highest BCUT2D eigenvalue weighted by atomic mass is 16.6. The second-order valence-corrected chi connectivity index (χ2v) is 5.39. The molecule has 1 rings (SSSR count). The minimum absolute atomic E-state index is 0.261. The van der Waals surface area contributed by atoms with Gasteiger partial charge in [0.25, 0.3) is 0 Å². The second kappa shape index (κ2) is 2.89. The van der Waals surface area contributed by atoms with E-state index in [9.17, 15) is 4.79 Å². The molecule has 0 unspecified atom stereocenters. The molecular weight excluding hydrogens is 166 g/mol. The van der Waals surface area contributed by atoms with Gasteiger partial charge in [-0.2, -0.15) is 0 Å². The van der Waals surface area contributed by atoms with Gasteiger partial charge in [0.1, 0.15) is 5.60 Å². The quantitative estimate of drug-likeness (QED) is 0.680. The number of amides is 1. The molecule has 1 N–H and O–H groups in total. The molecule has 0 spiro atoms. The summed E-state index contributed by atoms with van der Waals surface area (Å²) in [4.78, 5) is 11.3. The number of hydrogen-bond donors (Lipinski definition) is 1. The van der Waals surface area contributed by atoms with Gasteiger partial charge in [-0.3, -0.25) is 0 Å². The summed E-state index contributed by atoms with van der Waals surface area (Å²) in [5.41, 5.74) is -0.139. The lowest BCUT2D eigenvalue weighted by Crippen LogP contribution is -2.35. The number of rotatable bonds is 1. The van der Waals surface area contributed by atoms with Gasteiger partial charge in [0.2, 0.25) is 0 Å². The summed E-state index contributed by atoms with van der Waals surface area (Å²) >= 11 is 0. The minimum Gasteiger partial charge on any atom is -0.444 e. The van der Waals surface area contributed by atoms with Crippen molar-refractivity contribution in [2.45, 2.75) is 52.7 Å². The molecule has 1 aliphatic carbocycles. The molecule has 0 bridgehead atoms. The van der Waals surface area contributed by atoms with E-state index in [1.54, 1.807) is 0 Å². The molecule has 0 heterocycles. The van der Waals surface area contributed by atoms with E-state index >= 15 is 0 Å². The summed E-state index contributed by atoms with van der Waals surface area (Å²) < 4.78 is 5.13. The van der Waals surface area contributed by atoms with E-state index in [1.807, 2.05) is 20.8 Å². The largest absolute Gasteiger partial charge is 0.444 e. The first kappa shape index (κ1) is 10.4. The van der Waals surface area contributed by atoms with Crippen LogP contribution in [0.15, 0.2) is 0 Å². The maximum absolute atomic E-state index is 11.3. The maximum Gasteiger partial charge on any atom is 0.407 e. The zero-order chi connectivity index (χ0) is 10.3. The Kier molecular flexibility index (Phi) is 2.30. The van der Waals surface area contributed by atoms with Crippen LogP contribution in [0.2, 0.25) is 0 Å². The average molecular weight is 185 g/mol. The summed E-state index contributed by atoms with van der Waals surface area (Å²) in [6, 6.07) is 0.294. The first-order valence-corrected chi connectivity index (χ1v) is 4.70. The van der Waals surface area contributed by atoms with Gasteiger partial charge in [0.15, 0.2) is 0 Å². The predicted molar refractivity (Wildman–Crippen MR) is 51.6 cm³/mol. The smallest absolute Gasteiger partial charge is 0.407 e. The normalized spacial score (nSPS) is 25.2. The molecule has 13 heavy (non-hydrogen) atoms. The third kappa shape index (κ3) is 3.25. The lowest BCUT2D eigenvalue weighted by molar-refractivity contribution is 0.0517. The van der Waals surface area contributed by atoms with Crippen molar-refractivity contribution in [1.29, 1.82) is 0 Å². The van der Waals surface area contributed by atoms with Crippen LogP contribution in [-0.2, 0) is 4.74 Å². The van der Waals surface area contributed by atoms with Crippen LogP contribution in [0.4, 0.5) is 4.79 Å². The molecule has 0 aliphatic heterocycles. The fourth-order valence-electron chi connectivity index (χ4n) is 1.16. The standard InChI is InChI=1S/C10H19NO2/c1-9(2,3)13-8(12)11-7-6-10(7,4)5/h7H,6H2,1-5H3,(H,11,12)/t7-/m0/s1. The van der Waals surface area contributed by atoms with Crippen molar-refractivity contribution >= 4 is 6.09 Å². The van der Waals surface area contributed by atoms with Gasteiger partial charge < -0.3 is 10.1 Å². The highest BCUT2D eigenvalue weighted by molar-refractivity contribution is 5.68. The van der Waals surface area contributed by atoms with E-state index in [0.717, 1.165) is 6.42 Å². The molecular formula is C10H19NO2. The molecule has 0 aromatic carbocycles. The Morgan fingerprint density at radius 2 is 1.92 bits per heavy atom. The molecule has 76 valence electrons. The lowest BCUT2D eigenvalue weighted by atomic mass is 10.2. The number of nitrogens with one attached hydrogen (secondary N) is 1. The second-order valence-electron chi connectivity index (χ2n) is 5.39. The van der Waals surface area contributed by atoms with Crippen LogP contribution in [0.3, 0.4) is 0 Å². The van der Waals surface area contributed by atoms with Crippen molar-refractivity contribution in [1.82, 2.24) is 5.32 Å². The van der Waals surface area contributed by atoms with E-state index in [0.29, 0.717) is 6.04 Å². The third-order valence-corrected chi connectivity index (χ3v) is 2.20. The van der Waals surface area contributed by atoms with Gasteiger partial charge in [-0.25, -0.2) is 4.79 Å². The first-order valence-electron chi connectivity index (χ1n) is 4.70. The molecule has 3 heteroatoms. The zero-order valence-corrected chi connectivity index (χ0v) is 9.10. The maximum atomic E-state index is 11.3. The van der Waals surface area contributed by atoms with E-state index in [2.05, 4.69) is 19.2 Å². The van der Waals surface area contributed by atoms with Gasteiger partial charge >= 0.3 is 6.09 Å². The first-order chi connectivity index (χ1) is 5.71. The summed E-state index contributed by atoms with van der Waals surface area (Å²) in [5.74, 6) is 0. The topological polar surface area (TPSA) is 38.3 Å². The molecule has 0 aromatic heterocycles. The van der Waals surface area contributed by atoms with Crippen LogP contribution in [0.25, 0.3) is 0 Å². The van der Waals surface area contributed by atoms with Gasteiger partial charge in [0, 0.05) is 6.04 Å². The molecule has 1 saturated carbocycles. The van der Waals surface area contributed by atoms with E-state index < -0.39 is 5.60 Å². The Balaban J connectivity index is 2.28. The van der Waals surface area contributed by atoms with Gasteiger partial charge in [-0.05, 0) is 32.6 Å². The Bertz CT molecular complexity index is 215. The number of carbonyl (C=O) groups excluding carboxylic acids is 1. The highest BCUT2D eigenvalue weighted by Crippen LogP contribution is 2.44. The molecule has 1 fully saturated rings. The Morgan fingerprint density at radius 3 is 2.23 bits per heavy atom. The summed E-state index contributed by atoms with van der Waals surface area (Å²) in [7, 11) is 0. The Hall–Kier alpha value is -0.730. The SMILES string of the molecule is CC(C)(C)OC(=O)N[C@H]1CC1(C)C. The fourth-order valence-corrected chi connectivity index (χ4v) is 1.16. The Morgan fingerprint density at radius 1 is 1.46 bits per heavy atom. The van der Waals surface area contributed by atoms with Crippen LogP contribution >= 0.6 is 0 Å². The van der Waals surface area contributed by atoms with Crippen molar-refractivity contribution < 1.29 is 9.53 Å². The molecule has 0 saturated heterocycles. The minimum atomic E-state index is -0.400. The van der Waals surface area contributed by atoms with Crippen molar-refractivity contribution in [2.24, 2.45) is 5.41 Å². The number of ether oxygens (including phenoxy) is 1. The van der Waals surface area contributed by atoms with Crippen LogP contribution in [0, 0.1) is 5.41 Å². The van der Waals surface area contributed by atoms with Gasteiger partial charge in [0.05, 0.1) is 0 Å². The molecule has 1 atom stereocenters. The van der Waals surface area contributed by atoms with Crippen molar-refractivity contribution in [2.75, 3.05) is 0 Å². The van der Waals surface area contributed by atoms with E-state index in [4.69, 9.17) is 4.74 Å². The summed E-state index contributed by atoms with van der Waals surface area (Å²) in [6.45, 7) is 9.87. The highest BCUT2D eigenvalue weighted by Gasteiger charge is 2.47. The van der Waals surface area contributed by atoms with E-state index in [-0.39, 0.29) is 11.5 Å². The lowest BCUT2D eigenvalue weighted by Gasteiger charge is -2.20. The van der Waals surface area contributed by atoms with Crippen LogP contribution in [0.1, 0.15) is 41.0 Å². The van der Waals surface area contributed by atoms with Crippen molar-refractivity contribution in [3.05, 3.63) is 0 Å². The predicted octanol–water partition coefficient (Wildman–Crippen LogP) is 2.31.